The fraction of sp³-hybridized carbons (Fsp3) is 0.100. The van der Waals surface area contributed by atoms with Crippen LogP contribution in [0.1, 0.15) is 49.9 Å². The molecule has 0 unspecified atom stereocenters. The summed E-state index contributed by atoms with van der Waals surface area (Å²) in [6.07, 6.45) is 0. The molecule has 0 saturated heterocycles. The van der Waals surface area contributed by atoms with E-state index in [1.54, 1.807) is 0 Å². The van der Waals surface area contributed by atoms with Crippen molar-refractivity contribution in [2.75, 3.05) is 4.90 Å². The van der Waals surface area contributed by atoms with Crippen molar-refractivity contribution in [2.24, 2.45) is 0 Å². The van der Waals surface area contributed by atoms with Crippen LogP contribution in [0, 0.1) is 0 Å². The van der Waals surface area contributed by atoms with Crippen LogP contribution in [0.15, 0.2) is 200 Å². The van der Waals surface area contributed by atoms with Crippen LogP contribution >= 0.6 is 11.3 Å². The highest BCUT2D eigenvalue weighted by Gasteiger charge is 2.39. The van der Waals surface area contributed by atoms with Crippen LogP contribution in [0.25, 0.3) is 75.8 Å². The second-order valence-corrected chi connectivity index (χ2v) is 19.1. The molecule has 1 nitrogen and oxygen atoms in total. The van der Waals surface area contributed by atoms with Crippen molar-refractivity contribution in [2.45, 2.75) is 38.5 Å². The zero-order valence-electron chi connectivity index (χ0n) is 35.4. The number of hydrogen-bond acceptors (Lipinski definition) is 2. The van der Waals surface area contributed by atoms with Gasteiger partial charge in [-0.2, -0.15) is 0 Å². The number of fused-ring (bicyclic) bond motifs is 9. The summed E-state index contributed by atoms with van der Waals surface area (Å²) in [4.78, 5) is 2.57. The van der Waals surface area contributed by atoms with Gasteiger partial charge in [0.25, 0.3) is 0 Å². The van der Waals surface area contributed by atoms with Gasteiger partial charge in [0.2, 0.25) is 0 Å². The van der Waals surface area contributed by atoms with E-state index in [0.717, 1.165) is 11.4 Å². The van der Waals surface area contributed by atoms with Gasteiger partial charge in [-0.05, 0) is 104 Å². The van der Waals surface area contributed by atoms with E-state index in [2.05, 4.69) is 233 Å². The van der Waals surface area contributed by atoms with E-state index >= 15 is 0 Å². The first-order valence-electron chi connectivity index (χ1n) is 21.8. The van der Waals surface area contributed by atoms with Crippen LogP contribution in [0.2, 0.25) is 0 Å². The zero-order chi connectivity index (χ0) is 41.7. The minimum absolute atomic E-state index is 0.0470. The Kier molecular flexibility index (Phi) is 8.17. The average molecular weight is 812 g/mol. The Morgan fingerprint density at radius 2 is 0.823 bits per heavy atom. The molecule has 0 saturated carbocycles. The predicted molar refractivity (Wildman–Crippen MR) is 265 cm³/mol. The number of nitrogens with zero attached hydrogens (tertiary/aromatic N) is 1. The molecule has 296 valence electrons. The first-order valence-corrected chi connectivity index (χ1v) is 22.6. The molecule has 0 amide bonds. The largest absolute Gasteiger partial charge is 0.309 e. The van der Waals surface area contributed by atoms with Gasteiger partial charge < -0.3 is 4.90 Å². The lowest BCUT2D eigenvalue weighted by Gasteiger charge is -2.32. The standard InChI is InChI=1S/C60H45NS/c1-59(2)49-25-12-7-21-43(49)47-36-38(32-34-51(47)59)40-18-5-6-20-42(40)44-22-10-15-29-54(44)61(55-30-17-27-52-58(55)46-24-8-13-26-50(46)60(52,3)4)53-28-14-9-19-41(53)39-33-35-57-48(37-39)45-23-11-16-31-56(45)62-57/h5-37H,1-4H3. The van der Waals surface area contributed by atoms with Gasteiger partial charge in [-0.1, -0.05) is 185 Å². The van der Waals surface area contributed by atoms with E-state index in [9.17, 15) is 0 Å². The molecule has 1 heterocycles. The van der Waals surface area contributed by atoms with E-state index in [1.807, 2.05) is 11.3 Å². The molecule has 2 aliphatic rings. The Morgan fingerprint density at radius 1 is 0.323 bits per heavy atom. The van der Waals surface area contributed by atoms with Crippen molar-refractivity contribution < 1.29 is 0 Å². The molecule has 9 aromatic carbocycles. The van der Waals surface area contributed by atoms with E-state index in [-0.39, 0.29) is 10.8 Å². The molecular weight excluding hydrogens is 767 g/mol. The van der Waals surface area contributed by atoms with Crippen molar-refractivity contribution in [1.29, 1.82) is 0 Å². The van der Waals surface area contributed by atoms with Crippen molar-refractivity contribution in [3.63, 3.8) is 0 Å². The van der Waals surface area contributed by atoms with E-state index < -0.39 is 0 Å². The van der Waals surface area contributed by atoms with Gasteiger partial charge in [0.15, 0.2) is 0 Å². The van der Waals surface area contributed by atoms with E-state index in [0.29, 0.717) is 0 Å². The second-order valence-electron chi connectivity index (χ2n) is 18.0. The highest BCUT2D eigenvalue weighted by Crippen LogP contribution is 2.57. The normalized spacial score (nSPS) is 14.1. The fourth-order valence-corrected chi connectivity index (χ4v) is 12.0. The SMILES string of the molecule is CC1(C)c2ccccc2-c2cc(-c3ccccc3-c3ccccc3N(c3ccccc3-c3ccc4sc5ccccc5c4c3)c3cccc4c3-c3ccccc3C4(C)C)ccc21. The molecule has 0 radical (unpaired) electrons. The zero-order valence-corrected chi connectivity index (χ0v) is 36.2. The number of para-hydroxylation sites is 2. The maximum atomic E-state index is 2.57. The van der Waals surface area contributed by atoms with Crippen molar-refractivity contribution in [3.05, 3.63) is 222 Å². The van der Waals surface area contributed by atoms with Crippen molar-refractivity contribution in [3.8, 4) is 55.6 Å². The molecule has 2 heteroatoms. The number of anilines is 3. The fourth-order valence-electron chi connectivity index (χ4n) is 10.9. The van der Waals surface area contributed by atoms with Crippen molar-refractivity contribution >= 4 is 48.6 Å². The van der Waals surface area contributed by atoms with E-state index in [1.165, 1.54) is 104 Å². The Labute approximate surface area is 368 Å². The van der Waals surface area contributed by atoms with Crippen LogP contribution < -0.4 is 4.90 Å². The van der Waals surface area contributed by atoms with Gasteiger partial charge >= 0.3 is 0 Å². The monoisotopic (exact) mass is 811 g/mol. The molecule has 0 N–H and O–H groups in total. The quantitative estimate of drug-likeness (QED) is 0.162. The lowest BCUT2D eigenvalue weighted by atomic mass is 9.82. The van der Waals surface area contributed by atoms with E-state index in [4.69, 9.17) is 0 Å². The van der Waals surface area contributed by atoms with Gasteiger partial charge in [0.05, 0.1) is 17.1 Å². The number of thiophene rings is 1. The second kappa shape index (κ2) is 13.8. The van der Waals surface area contributed by atoms with Crippen LogP contribution in [0.4, 0.5) is 17.1 Å². The molecule has 12 rings (SSSR count). The minimum atomic E-state index is -0.148. The summed E-state index contributed by atoms with van der Waals surface area (Å²) < 4.78 is 2.63. The third-order valence-electron chi connectivity index (χ3n) is 13.9. The molecule has 1 aromatic heterocycles. The molecule has 10 aromatic rings. The van der Waals surface area contributed by atoms with Gasteiger partial charge in [-0.3, -0.25) is 0 Å². The van der Waals surface area contributed by atoms with Crippen LogP contribution in [0.5, 0.6) is 0 Å². The Morgan fingerprint density at radius 3 is 1.61 bits per heavy atom. The summed E-state index contributed by atoms with van der Waals surface area (Å²) in [7, 11) is 0. The first kappa shape index (κ1) is 36.8. The number of benzene rings is 9. The van der Waals surface area contributed by atoms with Crippen LogP contribution in [-0.2, 0) is 10.8 Å². The third kappa shape index (κ3) is 5.39. The minimum Gasteiger partial charge on any atom is -0.309 e. The lowest BCUT2D eigenvalue weighted by molar-refractivity contribution is 0.660. The molecular formula is C60H45NS. The summed E-state index contributed by atoms with van der Waals surface area (Å²) in [5.41, 5.74) is 21.3. The third-order valence-corrected chi connectivity index (χ3v) is 15.1. The van der Waals surface area contributed by atoms with Gasteiger partial charge in [-0.15, -0.1) is 11.3 Å². The van der Waals surface area contributed by atoms with Crippen LogP contribution in [-0.4, -0.2) is 0 Å². The predicted octanol–water partition coefficient (Wildman–Crippen LogP) is 17.1. The van der Waals surface area contributed by atoms with Gasteiger partial charge in [-0.25, -0.2) is 0 Å². The summed E-state index contributed by atoms with van der Waals surface area (Å²) in [5.74, 6) is 0. The maximum absolute atomic E-state index is 2.57. The molecule has 62 heavy (non-hydrogen) atoms. The summed E-state index contributed by atoms with van der Waals surface area (Å²) in [6, 6.07) is 74.9. The first-order chi connectivity index (χ1) is 30.3. The molecule has 0 atom stereocenters. The summed E-state index contributed by atoms with van der Waals surface area (Å²) in [6.45, 7) is 9.46. The Hall–Kier alpha value is -7.00. The maximum Gasteiger partial charge on any atom is 0.0543 e. The smallest absolute Gasteiger partial charge is 0.0543 e. The summed E-state index contributed by atoms with van der Waals surface area (Å²) >= 11 is 1.87. The molecule has 2 aliphatic carbocycles. The Balaban J connectivity index is 1.11. The average Bonchev–Trinajstić information content (AvgIpc) is 3.89. The lowest BCUT2D eigenvalue weighted by Crippen LogP contribution is -2.16. The summed E-state index contributed by atoms with van der Waals surface area (Å²) in [5, 5.41) is 2.61. The van der Waals surface area contributed by atoms with Gasteiger partial charge in [0.1, 0.15) is 0 Å². The highest BCUT2D eigenvalue weighted by molar-refractivity contribution is 7.25. The topological polar surface area (TPSA) is 3.24 Å². The Bertz CT molecular complexity index is 3430. The number of hydrogen-bond donors (Lipinski definition) is 0. The van der Waals surface area contributed by atoms with Gasteiger partial charge in [0, 0.05) is 47.7 Å². The molecule has 0 bridgehead atoms. The molecule has 0 fully saturated rings. The molecule has 0 aliphatic heterocycles. The molecule has 0 spiro atoms. The highest BCUT2D eigenvalue weighted by atomic mass is 32.1. The van der Waals surface area contributed by atoms with Crippen LogP contribution in [0.3, 0.4) is 0 Å². The van der Waals surface area contributed by atoms with Crippen molar-refractivity contribution in [1.82, 2.24) is 0 Å². The number of rotatable bonds is 6.